The molecule has 0 saturated carbocycles. The van der Waals surface area contributed by atoms with Crippen LogP contribution in [0.25, 0.3) is 10.9 Å². The van der Waals surface area contributed by atoms with Crippen molar-refractivity contribution in [3.8, 4) is 0 Å². The van der Waals surface area contributed by atoms with Gasteiger partial charge < -0.3 is 14.6 Å². The highest BCUT2D eigenvalue weighted by molar-refractivity contribution is 5.96. The molecule has 1 unspecified atom stereocenters. The number of piperazine rings is 1. The number of hydrogen-bond donors (Lipinski definition) is 1. The Morgan fingerprint density at radius 2 is 1.90 bits per heavy atom. The number of anilines is 1. The summed E-state index contributed by atoms with van der Waals surface area (Å²) in [5, 5.41) is 9.30. The third kappa shape index (κ3) is 3.35. The van der Waals surface area contributed by atoms with Crippen LogP contribution in [-0.2, 0) is 6.42 Å². The van der Waals surface area contributed by atoms with Crippen LogP contribution in [-0.4, -0.2) is 59.4 Å². The highest BCUT2D eigenvalue weighted by Crippen LogP contribution is 2.39. The molecule has 3 heterocycles. The van der Waals surface area contributed by atoms with E-state index in [9.17, 15) is 27.9 Å². The summed E-state index contributed by atoms with van der Waals surface area (Å²) in [6.07, 6.45) is -2.58. The summed E-state index contributed by atoms with van der Waals surface area (Å²) < 4.78 is 54.5. The number of carbonyl (C=O) groups is 1. The first kappa shape index (κ1) is 19.7. The maximum absolute atomic E-state index is 15.1. The van der Waals surface area contributed by atoms with E-state index in [1.165, 1.54) is 11.1 Å². The zero-order valence-corrected chi connectivity index (χ0v) is 15.6. The lowest BCUT2D eigenvalue weighted by molar-refractivity contribution is -0.146. The predicted octanol–water partition coefficient (Wildman–Crippen LogP) is 2.64. The van der Waals surface area contributed by atoms with Crippen molar-refractivity contribution in [2.75, 3.05) is 37.6 Å². The van der Waals surface area contributed by atoms with Gasteiger partial charge in [0.15, 0.2) is 0 Å². The maximum atomic E-state index is 15.1. The van der Waals surface area contributed by atoms with Gasteiger partial charge in [-0.05, 0) is 19.4 Å². The molecule has 1 aromatic heterocycles. The largest absolute Gasteiger partial charge is 0.477 e. The van der Waals surface area contributed by atoms with Crippen molar-refractivity contribution >= 4 is 22.6 Å². The quantitative estimate of drug-likeness (QED) is 0.784. The Labute approximate surface area is 162 Å². The summed E-state index contributed by atoms with van der Waals surface area (Å²) in [4.78, 5) is 26.9. The summed E-state index contributed by atoms with van der Waals surface area (Å²) in [6.45, 7) is 1.61. The van der Waals surface area contributed by atoms with Crippen molar-refractivity contribution in [1.82, 2.24) is 9.47 Å². The van der Waals surface area contributed by atoms with Crippen molar-refractivity contribution in [1.29, 1.82) is 0 Å². The molecule has 1 aromatic carbocycles. The van der Waals surface area contributed by atoms with E-state index in [0.717, 1.165) is 6.07 Å². The van der Waals surface area contributed by atoms with Crippen molar-refractivity contribution in [3.63, 3.8) is 0 Å². The van der Waals surface area contributed by atoms with E-state index in [2.05, 4.69) is 0 Å². The Morgan fingerprint density at radius 1 is 1.24 bits per heavy atom. The van der Waals surface area contributed by atoms with E-state index in [4.69, 9.17) is 0 Å². The average molecular weight is 413 g/mol. The molecule has 0 bridgehead atoms. The van der Waals surface area contributed by atoms with Gasteiger partial charge in [-0.3, -0.25) is 9.69 Å². The number of halogens is 4. The van der Waals surface area contributed by atoms with Gasteiger partial charge in [0.2, 0.25) is 5.43 Å². The molecular weight excluding hydrogens is 394 g/mol. The minimum absolute atomic E-state index is 0.0150. The molecule has 0 amide bonds. The van der Waals surface area contributed by atoms with Crippen molar-refractivity contribution in [2.24, 2.45) is 0 Å². The van der Waals surface area contributed by atoms with Gasteiger partial charge >= 0.3 is 12.1 Å². The minimum atomic E-state index is -4.28. The second kappa shape index (κ2) is 6.72. The first-order valence-electron chi connectivity index (χ1n) is 9.24. The van der Waals surface area contributed by atoms with Crippen LogP contribution in [0.15, 0.2) is 17.1 Å². The number of aromatic nitrogens is 1. The molecule has 0 aliphatic carbocycles. The Kier molecular flexibility index (Phi) is 4.56. The summed E-state index contributed by atoms with van der Waals surface area (Å²) in [7, 11) is 0. The van der Waals surface area contributed by atoms with Crippen molar-refractivity contribution < 1.29 is 27.5 Å². The lowest BCUT2D eigenvalue weighted by Gasteiger charge is -2.37. The number of benzene rings is 1. The highest BCUT2D eigenvalue weighted by Gasteiger charge is 2.34. The standard InChI is InChI=1S/C19H19F4N3O3/c1-10-6-11-15-12(17(27)13(18(28)29)8-26(10)15)7-14(20)16(11)25-4-2-24(3-5-25)9-19(21,22)23/h7-8,10H,2-6,9H2,1H3,(H,28,29). The van der Waals surface area contributed by atoms with E-state index >= 15 is 4.39 Å². The molecule has 2 aromatic rings. The van der Waals surface area contributed by atoms with Gasteiger partial charge in [0.1, 0.15) is 11.4 Å². The zero-order chi connectivity index (χ0) is 21.1. The Morgan fingerprint density at radius 3 is 2.48 bits per heavy atom. The SMILES string of the molecule is CC1Cc2c(N3CCN(CC(F)(F)F)CC3)c(F)cc3c(=O)c(C(=O)O)cn1c23. The van der Waals surface area contributed by atoms with Crippen LogP contribution in [0.5, 0.6) is 0 Å². The van der Waals surface area contributed by atoms with Crippen molar-refractivity contribution in [2.45, 2.75) is 25.6 Å². The number of nitrogens with zero attached hydrogens (tertiary/aromatic N) is 3. The molecule has 0 radical (unpaired) electrons. The Hall–Kier alpha value is -2.62. The topological polar surface area (TPSA) is 65.8 Å². The summed E-state index contributed by atoms with van der Waals surface area (Å²) in [5.74, 6) is -2.02. The van der Waals surface area contributed by atoms with E-state index in [-0.39, 0.29) is 37.6 Å². The van der Waals surface area contributed by atoms with E-state index in [0.29, 0.717) is 23.2 Å². The molecule has 0 spiro atoms. The first-order chi connectivity index (χ1) is 13.6. The fourth-order valence-corrected chi connectivity index (χ4v) is 4.37. The Balaban J connectivity index is 1.75. The van der Waals surface area contributed by atoms with Crippen LogP contribution in [0, 0.1) is 5.82 Å². The summed E-state index contributed by atoms with van der Waals surface area (Å²) in [6, 6.07) is 0.887. The monoisotopic (exact) mass is 413 g/mol. The number of rotatable bonds is 3. The predicted molar refractivity (Wildman–Crippen MR) is 98.2 cm³/mol. The molecule has 156 valence electrons. The molecule has 29 heavy (non-hydrogen) atoms. The fraction of sp³-hybridized carbons (Fsp3) is 0.474. The number of carboxylic acid groups (broad SMARTS) is 1. The number of hydrogen-bond acceptors (Lipinski definition) is 4. The van der Waals surface area contributed by atoms with Gasteiger partial charge in [0, 0.05) is 49.4 Å². The molecule has 10 heteroatoms. The van der Waals surface area contributed by atoms with E-state index in [1.807, 2.05) is 6.92 Å². The van der Waals surface area contributed by atoms with Gasteiger partial charge in [0.05, 0.1) is 17.7 Å². The van der Waals surface area contributed by atoms with Crippen LogP contribution >= 0.6 is 0 Å². The van der Waals surface area contributed by atoms with E-state index in [1.54, 1.807) is 9.47 Å². The number of alkyl halides is 3. The van der Waals surface area contributed by atoms with Crippen LogP contribution in [0.1, 0.15) is 28.9 Å². The van der Waals surface area contributed by atoms with Gasteiger partial charge in [-0.2, -0.15) is 13.2 Å². The van der Waals surface area contributed by atoms with Crippen LogP contribution in [0.3, 0.4) is 0 Å². The second-order valence-corrected chi connectivity index (χ2v) is 7.60. The molecule has 1 atom stereocenters. The molecule has 6 nitrogen and oxygen atoms in total. The van der Waals surface area contributed by atoms with Gasteiger partial charge in [-0.25, -0.2) is 9.18 Å². The maximum Gasteiger partial charge on any atom is 0.401 e. The normalized spacial score (nSPS) is 19.9. The molecule has 1 saturated heterocycles. The van der Waals surface area contributed by atoms with Crippen LogP contribution in [0.4, 0.5) is 23.2 Å². The lowest BCUT2D eigenvalue weighted by atomic mass is 10.0. The molecule has 1 N–H and O–H groups in total. The molecule has 4 rings (SSSR count). The lowest BCUT2D eigenvalue weighted by Crippen LogP contribution is -2.49. The van der Waals surface area contributed by atoms with Crippen molar-refractivity contribution in [3.05, 3.63) is 39.4 Å². The smallest absolute Gasteiger partial charge is 0.401 e. The third-order valence-corrected chi connectivity index (χ3v) is 5.64. The number of aromatic carboxylic acids is 1. The third-order valence-electron chi connectivity index (χ3n) is 5.64. The minimum Gasteiger partial charge on any atom is -0.477 e. The van der Waals surface area contributed by atoms with Crippen LogP contribution < -0.4 is 10.3 Å². The second-order valence-electron chi connectivity index (χ2n) is 7.60. The Bertz CT molecular complexity index is 1060. The molecular formula is C19H19F4N3O3. The fourth-order valence-electron chi connectivity index (χ4n) is 4.37. The summed E-state index contributed by atoms with van der Waals surface area (Å²) >= 11 is 0. The van der Waals surface area contributed by atoms with Crippen LogP contribution in [0.2, 0.25) is 0 Å². The first-order valence-corrected chi connectivity index (χ1v) is 9.24. The van der Waals surface area contributed by atoms with E-state index < -0.39 is 35.5 Å². The number of carboxylic acids is 1. The molecule has 2 aliphatic rings. The van der Waals surface area contributed by atoms with Gasteiger partial charge in [-0.1, -0.05) is 0 Å². The van der Waals surface area contributed by atoms with Gasteiger partial charge in [0.25, 0.3) is 0 Å². The zero-order valence-electron chi connectivity index (χ0n) is 15.6. The molecule has 2 aliphatic heterocycles. The molecule has 1 fully saturated rings. The van der Waals surface area contributed by atoms with Gasteiger partial charge in [-0.15, -0.1) is 0 Å². The number of pyridine rings is 1. The highest BCUT2D eigenvalue weighted by atomic mass is 19.4. The average Bonchev–Trinajstić information content (AvgIpc) is 2.94. The summed E-state index contributed by atoms with van der Waals surface area (Å²) in [5.41, 5.74) is 0.252.